The fraction of sp³-hybridized carbons (Fsp3) is 0.250. The lowest BCUT2D eigenvalue weighted by Gasteiger charge is -2.08. The maximum Gasteiger partial charge on any atom is 0.243 e. The number of benzene rings is 1. The monoisotopic (exact) mass is 301 g/mol. The van der Waals surface area contributed by atoms with Crippen LogP contribution in [0.5, 0.6) is 0 Å². The summed E-state index contributed by atoms with van der Waals surface area (Å²) < 4.78 is 5.13. The van der Waals surface area contributed by atoms with Gasteiger partial charge in [-0.05, 0) is 36.8 Å². The van der Waals surface area contributed by atoms with Gasteiger partial charge in [0.05, 0.1) is 25.9 Å². The van der Waals surface area contributed by atoms with E-state index in [-0.39, 0.29) is 24.9 Å². The highest BCUT2D eigenvalue weighted by atomic mass is 16.3. The summed E-state index contributed by atoms with van der Waals surface area (Å²) in [6, 6.07) is 11.1. The predicted octanol–water partition coefficient (Wildman–Crippen LogP) is 1.43. The van der Waals surface area contributed by atoms with E-state index in [9.17, 15) is 9.59 Å². The van der Waals surface area contributed by atoms with Crippen molar-refractivity contribution >= 4 is 17.5 Å². The molecule has 1 aromatic heterocycles. The summed E-state index contributed by atoms with van der Waals surface area (Å²) in [5.74, 6) is 0.251. The zero-order valence-electron chi connectivity index (χ0n) is 12.4. The number of carbonyl (C=O) groups is 2. The fourth-order valence-electron chi connectivity index (χ4n) is 1.88. The zero-order valence-corrected chi connectivity index (χ0v) is 12.4. The van der Waals surface area contributed by atoms with Crippen LogP contribution in [-0.2, 0) is 16.1 Å². The van der Waals surface area contributed by atoms with Crippen LogP contribution >= 0.6 is 0 Å². The van der Waals surface area contributed by atoms with Crippen molar-refractivity contribution in [3.8, 4) is 0 Å². The molecule has 6 heteroatoms. The molecule has 1 aromatic carbocycles. The SMILES string of the molecule is Cc1cccc(NC(=O)CNC(=O)CNCc2ccco2)c1. The highest BCUT2D eigenvalue weighted by Gasteiger charge is 2.06. The predicted molar refractivity (Wildman–Crippen MR) is 83.2 cm³/mol. The molecule has 6 nitrogen and oxygen atoms in total. The summed E-state index contributed by atoms with van der Waals surface area (Å²) in [7, 11) is 0. The summed E-state index contributed by atoms with van der Waals surface area (Å²) in [6.07, 6.45) is 1.58. The molecule has 0 radical (unpaired) electrons. The lowest BCUT2D eigenvalue weighted by atomic mass is 10.2. The van der Waals surface area contributed by atoms with Gasteiger partial charge in [-0.2, -0.15) is 0 Å². The Hall–Kier alpha value is -2.60. The summed E-state index contributed by atoms with van der Waals surface area (Å²) in [6.45, 7) is 2.48. The Kier molecular flexibility index (Phi) is 5.73. The molecule has 2 rings (SSSR count). The van der Waals surface area contributed by atoms with Crippen molar-refractivity contribution in [2.75, 3.05) is 18.4 Å². The largest absolute Gasteiger partial charge is 0.468 e. The normalized spacial score (nSPS) is 10.2. The average molecular weight is 301 g/mol. The Morgan fingerprint density at radius 2 is 1.95 bits per heavy atom. The van der Waals surface area contributed by atoms with Gasteiger partial charge in [-0.15, -0.1) is 0 Å². The van der Waals surface area contributed by atoms with Gasteiger partial charge in [0.15, 0.2) is 0 Å². The molecule has 0 aliphatic heterocycles. The molecule has 2 amide bonds. The van der Waals surface area contributed by atoms with E-state index in [0.717, 1.165) is 17.0 Å². The standard InChI is InChI=1S/C16H19N3O3/c1-12-4-2-5-13(8-12)19-16(21)11-18-15(20)10-17-9-14-6-3-7-22-14/h2-8,17H,9-11H2,1H3,(H,18,20)(H,19,21). The minimum absolute atomic E-state index is 0.0603. The quantitative estimate of drug-likeness (QED) is 0.722. The third-order valence-electron chi connectivity index (χ3n) is 2.91. The molecule has 0 unspecified atom stereocenters. The van der Waals surface area contributed by atoms with Crippen molar-refractivity contribution in [1.29, 1.82) is 0 Å². The first-order chi connectivity index (χ1) is 10.6. The Morgan fingerprint density at radius 1 is 1.09 bits per heavy atom. The highest BCUT2D eigenvalue weighted by molar-refractivity contribution is 5.94. The van der Waals surface area contributed by atoms with Gasteiger partial charge in [0.1, 0.15) is 5.76 Å². The van der Waals surface area contributed by atoms with E-state index < -0.39 is 0 Å². The van der Waals surface area contributed by atoms with Gasteiger partial charge in [0.25, 0.3) is 0 Å². The van der Waals surface area contributed by atoms with Gasteiger partial charge in [0.2, 0.25) is 11.8 Å². The van der Waals surface area contributed by atoms with E-state index in [1.54, 1.807) is 18.4 Å². The molecule has 0 aliphatic rings. The van der Waals surface area contributed by atoms with Crippen LogP contribution in [0.3, 0.4) is 0 Å². The second-order valence-electron chi connectivity index (χ2n) is 4.88. The van der Waals surface area contributed by atoms with E-state index in [2.05, 4.69) is 16.0 Å². The molecular weight excluding hydrogens is 282 g/mol. The van der Waals surface area contributed by atoms with E-state index >= 15 is 0 Å². The molecule has 3 N–H and O–H groups in total. The van der Waals surface area contributed by atoms with Crippen LogP contribution < -0.4 is 16.0 Å². The lowest BCUT2D eigenvalue weighted by Crippen LogP contribution is -2.38. The molecule has 0 aliphatic carbocycles. The lowest BCUT2D eigenvalue weighted by molar-refractivity contribution is -0.123. The van der Waals surface area contributed by atoms with Crippen molar-refractivity contribution in [2.24, 2.45) is 0 Å². The summed E-state index contributed by atoms with van der Waals surface area (Å²) in [5.41, 5.74) is 1.78. The fourth-order valence-corrected chi connectivity index (χ4v) is 1.88. The molecule has 0 saturated heterocycles. The Balaban J connectivity index is 1.64. The van der Waals surface area contributed by atoms with Crippen LogP contribution in [0.4, 0.5) is 5.69 Å². The molecule has 22 heavy (non-hydrogen) atoms. The number of amides is 2. The van der Waals surface area contributed by atoms with Crippen LogP contribution in [0.1, 0.15) is 11.3 Å². The summed E-state index contributed by atoms with van der Waals surface area (Å²) in [5, 5.41) is 8.21. The molecule has 0 atom stereocenters. The third kappa shape index (κ3) is 5.41. The first kappa shape index (κ1) is 15.8. The molecule has 2 aromatic rings. The molecular formula is C16H19N3O3. The number of hydrogen-bond acceptors (Lipinski definition) is 4. The summed E-state index contributed by atoms with van der Waals surface area (Å²) >= 11 is 0. The first-order valence-electron chi connectivity index (χ1n) is 7.00. The average Bonchev–Trinajstić information content (AvgIpc) is 2.98. The smallest absolute Gasteiger partial charge is 0.243 e. The van der Waals surface area contributed by atoms with Crippen molar-refractivity contribution in [1.82, 2.24) is 10.6 Å². The van der Waals surface area contributed by atoms with E-state index in [1.807, 2.05) is 31.2 Å². The number of anilines is 1. The molecule has 1 heterocycles. The highest BCUT2D eigenvalue weighted by Crippen LogP contribution is 2.08. The number of rotatable bonds is 7. The van der Waals surface area contributed by atoms with E-state index in [0.29, 0.717) is 6.54 Å². The number of aryl methyl sites for hydroxylation is 1. The van der Waals surface area contributed by atoms with Crippen molar-refractivity contribution in [3.05, 3.63) is 54.0 Å². The second-order valence-corrected chi connectivity index (χ2v) is 4.88. The number of carbonyl (C=O) groups excluding carboxylic acids is 2. The van der Waals surface area contributed by atoms with E-state index in [4.69, 9.17) is 4.42 Å². The van der Waals surface area contributed by atoms with Crippen LogP contribution in [0.2, 0.25) is 0 Å². The Morgan fingerprint density at radius 3 is 2.68 bits per heavy atom. The molecule has 0 saturated carbocycles. The van der Waals surface area contributed by atoms with Gasteiger partial charge in [-0.3, -0.25) is 9.59 Å². The maximum atomic E-state index is 11.7. The number of hydrogen-bond donors (Lipinski definition) is 3. The van der Waals surface area contributed by atoms with Crippen molar-refractivity contribution < 1.29 is 14.0 Å². The Bertz CT molecular complexity index is 623. The van der Waals surface area contributed by atoms with Gasteiger partial charge in [-0.25, -0.2) is 0 Å². The molecule has 0 spiro atoms. The summed E-state index contributed by atoms with van der Waals surface area (Å²) in [4.78, 5) is 23.3. The van der Waals surface area contributed by atoms with Gasteiger partial charge < -0.3 is 20.4 Å². The number of nitrogens with one attached hydrogen (secondary N) is 3. The Labute approximate surface area is 128 Å². The third-order valence-corrected chi connectivity index (χ3v) is 2.91. The maximum absolute atomic E-state index is 11.7. The molecule has 116 valence electrons. The van der Waals surface area contributed by atoms with Crippen LogP contribution in [0.15, 0.2) is 47.1 Å². The van der Waals surface area contributed by atoms with Crippen molar-refractivity contribution in [2.45, 2.75) is 13.5 Å². The zero-order chi connectivity index (χ0) is 15.8. The minimum atomic E-state index is -0.259. The van der Waals surface area contributed by atoms with Crippen LogP contribution in [-0.4, -0.2) is 24.9 Å². The van der Waals surface area contributed by atoms with Gasteiger partial charge in [0, 0.05) is 5.69 Å². The van der Waals surface area contributed by atoms with Crippen molar-refractivity contribution in [3.63, 3.8) is 0 Å². The van der Waals surface area contributed by atoms with Crippen LogP contribution in [0, 0.1) is 6.92 Å². The topological polar surface area (TPSA) is 83.4 Å². The molecule has 0 fully saturated rings. The van der Waals surface area contributed by atoms with E-state index in [1.165, 1.54) is 0 Å². The van der Waals surface area contributed by atoms with Gasteiger partial charge in [-0.1, -0.05) is 12.1 Å². The van der Waals surface area contributed by atoms with Crippen LogP contribution in [0.25, 0.3) is 0 Å². The van der Waals surface area contributed by atoms with Gasteiger partial charge >= 0.3 is 0 Å². The first-order valence-corrected chi connectivity index (χ1v) is 7.00. The minimum Gasteiger partial charge on any atom is -0.468 e. The second kappa shape index (κ2) is 7.99. The number of furan rings is 1. The molecule has 0 bridgehead atoms.